The number of carbonyl (C=O) groups is 2. The number of amides is 1. The number of carbonyl (C=O) groups excluding carboxylic acids is 2. The van der Waals surface area contributed by atoms with Gasteiger partial charge >= 0.3 is 5.97 Å². The van der Waals surface area contributed by atoms with Crippen molar-refractivity contribution in [3.63, 3.8) is 0 Å². The zero-order valence-electron chi connectivity index (χ0n) is 15.2. The summed E-state index contributed by atoms with van der Waals surface area (Å²) < 4.78 is 8.34. The fourth-order valence-electron chi connectivity index (χ4n) is 3.77. The van der Waals surface area contributed by atoms with Crippen LogP contribution in [0, 0.1) is 0 Å². The molecule has 0 atom stereocenters. The maximum absolute atomic E-state index is 13.0. The first-order chi connectivity index (χ1) is 13.2. The second-order valence-electron chi connectivity index (χ2n) is 6.76. The molecule has 1 aliphatic rings. The molecule has 0 radical (unpaired) electrons. The minimum atomic E-state index is -0.356. The number of ether oxygens (including phenoxy) is 1. The van der Waals surface area contributed by atoms with E-state index in [1.807, 2.05) is 6.07 Å². The van der Waals surface area contributed by atoms with E-state index in [1.54, 1.807) is 42.5 Å². The molecule has 0 unspecified atom stereocenters. The Bertz CT molecular complexity index is 965. The molecule has 1 saturated carbocycles. The second kappa shape index (κ2) is 7.56. The van der Waals surface area contributed by atoms with E-state index in [2.05, 4.69) is 21.3 Å². The number of anilines is 1. The quantitative estimate of drug-likeness (QED) is 0.613. The maximum atomic E-state index is 13.0. The molecule has 2 heterocycles. The first-order valence-electron chi connectivity index (χ1n) is 9.34. The average molecular weight is 382 g/mol. The monoisotopic (exact) mass is 382 g/mol. The third-order valence-corrected chi connectivity index (χ3v) is 5.89. The molecule has 1 aromatic carbocycles. The first-order valence-corrected chi connectivity index (χ1v) is 10.2. The Morgan fingerprint density at radius 1 is 1.19 bits per heavy atom. The Morgan fingerprint density at radius 2 is 1.93 bits per heavy atom. The van der Waals surface area contributed by atoms with Crippen LogP contribution in [0.25, 0.3) is 10.2 Å². The molecule has 0 bridgehead atoms. The highest BCUT2D eigenvalue weighted by Crippen LogP contribution is 2.36. The summed E-state index contributed by atoms with van der Waals surface area (Å²) in [4.78, 5) is 24.7. The summed E-state index contributed by atoms with van der Waals surface area (Å²) >= 11 is 1.66. The highest BCUT2D eigenvalue weighted by Gasteiger charge is 2.25. The summed E-state index contributed by atoms with van der Waals surface area (Å²) in [6, 6.07) is 11.3. The highest BCUT2D eigenvalue weighted by molar-refractivity contribution is 7.17. The topological polar surface area (TPSA) is 60.3 Å². The molecule has 2 aromatic heterocycles. The van der Waals surface area contributed by atoms with Crippen LogP contribution in [0.2, 0.25) is 0 Å². The number of benzene rings is 1. The van der Waals surface area contributed by atoms with Crippen LogP contribution in [-0.2, 0) is 4.74 Å². The summed E-state index contributed by atoms with van der Waals surface area (Å²) in [6.45, 7) is 2.11. The van der Waals surface area contributed by atoms with Crippen LogP contribution in [0.4, 0.5) is 5.69 Å². The molecule has 1 fully saturated rings. The van der Waals surface area contributed by atoms with Gasteiger partial charge in [-0.3, -0.25) is 4.79 Å². The highest BCUT2D eigenvalue weighted by atomic mass is 32.1. The van der Waals surface area contributed by atoms with Crippen LogP contribution in [-0.4, -0.2) is 23.1 Å². The summed E-state index contributed by atoms with van der Waals surface area (Å²) in [5.74, 6) is -0.472. The molecule has 27 heavy (non-hydrogen) atoms. The Hall–Kier alpha value is -2.60. The van der Waals surface area contributed by atoms with Crippen LogP contribution in [0.15, 0.2) is 41.8 Å². The van der Waals surface area contributed by atoms with Gasteiger partial charge in [-0.05, 0) is 61.5 Å². The average Bonchev–Trinajstić information content (AvgIpc) is 3.39. The van der Waals surface area contributed by atoms with E-state index in [1.165, 1.54) is 12.8 Å². The number of nitrogens with zero attached hydrogens (tertiary/aromatic N) is 1. The summed E-state index contributed by atoms with van der Waals surface area (Å²) in [5.41, 5.74) is 2.99. The van der Waals surface area contributed by atoms with Gasteiger partial charge in [0.15, 0.2) is 0 Å². The van der Waals surface area contributed by atoms with Crippen molar-refractivity contribution < 1.29 is 14.3 Å². The lowest BCUT2D eigenvalue weighted by Crippen LogP contribution is -2.19. The van der Waals surface area contributed by atoms with E-state index >= 15 is 0 Å². The van der Waals surface area contributed by atoms with Crippen molar-refractivity contribution in [2.45, 2.75) is 38.6 Å². The van der Waals surface area contributed by atoms with E-state index in [4.69, 9.17) is 4.74 Å². The van der Waals surface area contributed by atoms with Gasteiger partial charge in [0.1, 0.15) is 5.69 Å². The van der Waals surface area contributed by atoms with Crippen LogP contribution >= 0.6 is 11.3 Å². The maximum Gasteiger partial charge on any atom is 0.338 e. The molecule has 5 nitrogen and oxygen atoms in total. The Morgan fingerprint density at radius 3 is 2.63 bits per heavy atom. The predicted octanol–water partition coefficient (Wildman–Crippen LogP) is 5.25. The van der Waals surface area contributed by atoms with Gasteiger partial charge in [0.25, 0.3) is 5.91 Å². The van der Waals surface area contributed by atoms with Gasteiger partial charge < -0.3 is 14.6 Å². The van der Waals surface area contributed by atoms with Gasteiger partial charge in [0.2, 0.25) is 0 Å². The molecule has 1 aliphatic carbocycles. The summed E-state index contributed by atoms with van der Waals surface area (Å²) in [5, 5.41) is 5.04. The number of esters is 1. The molecule has 0 saturated heterocycles. The number of thiophene rings is 1. The zero-order valence-corrected chi connectivity index (χ0v) is 16.1. The van der Waals surface area contributed by atoms with Crippen LogP contribution < -0.4 is 5.32 Å². The standard InChI is InChI=1S/C21H22N2O3S/c1-2-26-21(25)14-7-9-15(10-8-14)22-20(24)18-13-19-17(11-12-27-19)23(18)16-5-3-4-6-16/h7-13,16H,2-6H2,1H3,(H,22,24). The molecule has 1 N–H and O–H groups in total. The Balaban J connectivity index is 1.57. The molecule has 4 rings (SSSR count). The fourth-order valence-corrected chi connectivity index (χ4v) is 4.59. The van der Waals surface area contributed by atoms with E-state index < -0.39 is 0 Å². The number of nitrogens with one attached hydrogen (secondary N) is 1. The second-order valence-corrected chi connectivity index (χ2v) is 7.71. The summed E-state index contributed by atoms with van der Waals surface area (Å²) in [6.07, 6.45) is 4.66. The van der Waals surface area contributed by atoms with E-state index in [-0.39, 0.29) is 11.9 Å². The van der Waals surface area contributed by atoms with E-state index in [0.717, 1.165) is 23.1 Å². The molecule has 0 aliphatic heterocycles. The smallest absolute Gasteiger partial charge is 0.338 e. The van der Waals surface area contributed by atoms with Gasteiger partial charge in [-0.2, -0.15) is 0 Å². The number of hydrogen-bond acceptors (Lipinski definition) is 4. The van der Waals surface area contributed by atoms with Gasteiger partial charge in [0, 0.05) is 11.7 Å². The normalized spacial score (nSPS) is 14.6. The number of hydrogen-bond donors (Lipinski definition) is 1. The van der Waals surface area contributed by atoms with Crippen molar-refractivity contribution in [2.75, 3.05) is 11.9 Å². The van der Waals surface area contributed by atoms with E-state index in [9.17, 15) is 9.59 Å². The summed E-state index contributed by atoms with van der Waals surface area (Å²) in [7, 11) is 0. The largest absolute Gasteiger partial charge is 0.462 e. The van der Waals surface area contributed by atoms with E-state index in [0.29, 0.717) is 29.6 Å². The number of aromatic nitrogens is 1. The van der Waals surface area contributed by atoms with Crippen LogP contribution in [0.5, 0.6) is 0 Å². The lowest BCUT2D eigenvalue weighted by Gasteiger charge is -2.17. The van der Waals surface area contributed by atoms with Gasteiger partial charge in [-0.15, -0.1) is 11.3 Å². The van der Waals surface area contributed by atoms with Crippen LogP contribution in [0.3, 0.4) is 0 Å². The van der Waals surface area contributed by atoms with Crippen molar-refractivity contribution in [3.8, 4) is 0 Å². The fraction of sp³-hybridized carbons (Fsp3) is 0.333. The van der Waals surface area contributed by atoms with Crippen molar-refractivity contribution in [2.24, 2.45) is 0 Å². The molecule has 6 heteroatoms. The van der Waals surface area contributed by atoms with Crippen molar-refractivity contribution >= 4 is 39.1 Å². The Kier molecular flexibility index (Phi) is 4.99. The van der Waals surface area contributed by atoms with Crippen molar-refractivity contribution in [1.82, 2.24) is 4.57 Å². The number of fused-ring (bicyclic) bond motifs is 1. The number of rotatable bonds is 5. The third-order valence-electron chi connectivity index (χ3n) is 5.04. The van der Waals surface area contributed by atoms with Crippen molar-refractivity contribution in [3.05, 3.63) is 53.0 Å². The lowest BCUT2D eigenvalue weighted by molar-refractivity contribution is 0.0526. The molecule has 140 valence electrons. The minimum Gasteiger partial charge on any atom is -0.462 e. The minimum absolute atomic E-state index is 0.116. The molecule has 3 aromatic rings. The third kappa shape index (κ3) is 3.49. The Labute approximate surface area is 161 Å². The molecular weight excluding hydrogens is 360 g/mol. The van der Waals surface area contributed by atoms with Crippen LogP contribution in [0.1, 0.15) is 59.5 Å². The van der Waals surface area contributed by atoms with Crippen molar-refractivity contribution in [1.29, 1.82) is 0 Å². The predicted molar refractivity (Wildman–Crippen MR) is 108 cm³/mol. The van der Waals surface area contributed by atoms with Gasteiger partial charge in [0.05, 0.1) is 22.4 Å². The zero-order chi connectivity index (χ0) is 18.8. The SMILES string of the molecule is CCOC(=O)c1ccc(NC(=O)c2cc3sccc3n2C2CCCC2)cc1. The molecular formula is C21H22N2O3S. The van der Waals surface area contributed by atoms with Gasteiger partial charge in [-0.25, -0.2) is 4.79 Å². The lowest BCUT2D eigenvalue weighted by atomic mass is 10.2. The molecule has 0 spiro atoms. The van der Waals surface area contributed by atoms with Gasteiger partial charge in [-0.1, -0.05) is 12.8 Å². The molecule has 1 amide bonds. The first kappa shape index (κ1) is 17.8.